The maximum absolute atomic E-state index is 9.80. The number of para-hydroxylation sites is 2. The number of benzene rings is 1. The Morgan fingerprint density at radius 1 is 1.28 bits per heavy atom. The summed E-state index contributed by atoms with van der Waals surface area (Å²) < 4.78 is 10.8. The van der Waals surface area contributed by atoms with Crippen LogP contribution < -0.4 is 14.8 Å². The summed E-state index contributed by atoms with van der Waals surface area (Å²) >= 11 is 0. The van der Waals surface area contributed by atoms with Gasteiger partial charge in [0.25, 0.3) is 0 Å². The second-order valence-electron chi connectivity index (χ2n) is 4.53. The molecule has 4 nitrogen and oxygen atoms in total. The lowest BCUT2D eigenvalue weighted by Gasteiger charge is -2.21. The fourth-order valence-electron chi connectivity index (χ4n) is 1.45. The van der Waals surface area contributed by atoms with Crippen LogP contribution in [0.3, 0.4) is 0 Å². The summed E-state index contributed by atoms with van der Waals surface area (Å²) in [5.74, 6) is 1.47. The first kappa shape index (κ1) is 14.8. The summed E-state index contributed by atoms with van der Waals surface area (Å²) in [5.41, 5.74) is -0.648. The summed E-state index contributed by atoms with van der Waals surface area (Å²) in [6.45, 7) is 5.58. The van der Waals surface area contributed by atoms with E-state index in [0.29, 0.717) is 19.7 Å². The van der Waals surface area contributed by atoms with Gasteiger partial charge in [-0.2, -0.15) is 0 Å². The maximum atomic E-state index is 9.80. The quantitative estimate of drug-likeness (QED) is 0.694. The number of hydrogen-bond donors (Lipinski definition) is 2. The zero-order chi connectivity index (χ0) is 13.4. The first-order valence-electron chi connectivity index (χ1n) is 6.28. The van der Waals surface area contributed by atoms with Crippen molar-refractivity contribution >= 4 is 0 Å². The van der Waals surface area contributed by atoms with Crippen molar-refractivity contribution in [2.75, 3.05) is 26.8 Å². The van der Waals surface area contributed by atoms with Gasteiger partial charge in [0.05, 0.1) is 12.7 Å². The number of aliphatic hydroxyl groups is 1. The molecular formula is C14H23NO3. The first-order valence-corrected chi connectivity index (χ1v) is 6.28. The molecule has 0 radical (unpaired) electrons. The number of rotatable bonds is 8. The molecule has 0 heterocycles. The van der Waals surface area contributed by atoms with E-state index in [-0.39, 0.29) is 0 Å². The number of methoxy groups -OCH3 is 1. The van der Waals surface area contributed by atoms with Gasteiger partial charge in [0, 0.05) is 13.1 Å². The molecule has 1 aromatic rings. The Labute approximate surface area is 109 Å². The van der Waals surface area contributed by atoms with Gasteiger partial charge in [0.1, 0.15) is 6.61 Å². The van der Waals surface area contributed by atoms with E-state index < -0.39 is 5.60 Å². The lowest BCUT2D eigenvalue weighted by molar-refractivity contribution is 0.0551. The van der Waals surface area contributed by atoms with Gasteiger partial charge in [0.15, 0.2) is 11.5 Å². The van der Waals surface area contributed by atoms with Crippen LogP contribution in [0, 0.1) is 0 Å². The highest BCUT2D eigenvalue weighted by Gasteiger charge is 2.15. The molecule has 0 aromatic heterocycles. The molecule has 0 unspecified atom stereocenters. The van der Waals surface area contributed by atoms with Crippen LogP contribution in [0.25, 0.3) is 0 Å². The molecule has 0 spiro atoms. The molecule has 1 aromatic carbocycles. The summed E-state index contributed by atoms with van der Waals surface area (Å²) in [6.07, 6.45) is 0.730. The summed E-state index contributed by atoms with van der Waals surface area (Å²) in [7, 11) is 1.62. The fraction of sp³-hybridized carbons (Fsp3) is 0.571. The van der Waals surface area contributed by atoms with Gasteiger partial charge >= 0.3 is 0 Å². The number of hydrogen-bond acceptors (Lipinski definition) is 4. The highest BCUT2D eigenvalue weighted by Crippen LogP contribution is 2.25. The molecule has 0 saturated carbocycles. The Kier molecular flexibility index (Phi) is 5.95. The largest absolute Gasteiger partial charge is 0.493 e. The van der Waals surface area contributed by atoms with Crippen molar-refractivity contribution in [2.24, 2.45) is 0 Å². The zero-order valence-corrected chi connectivity index (χ0v) is 11.4. The fourth-order valence-corrected chi connectivity index (χ4v) is 1.45. The van der Waals surface area contributed by atoms with E-state index in [1.165, 1.54) is 0 Å². The van der Waals surface area contributed by atoms with Gasteiger partial charge in [0.2, 0.25) is 0 Å². The van der Waals surface area contributed by atoms with E-state index in [2.05, 4.69) is 5.32 Å². The van der Waals surface area contributed by atoms with E-state index in [1.807, 2.05) is 38.1 Å². The molecule has 102 valence electrons. The van der Waals surface area contributed by atoms with Gasteiger partial charge < -0.3 is 19.9 Å². The van der Waals surface area contributed by atoms with Crippen LogP contribution in [0.15, 0.2) is 24.3 Å². The van der Waals surface area contributed by atoms with Gasteiger partial charge in [-0.15, -0.1) is 0 Å². The van der Waals surface area contributed by atoms with Crippen molar-refractivity contribution in [1.82, 2.24) is 5.32 Å². The minimum Gasteiger partial charge on any atom is -0.493 e. The van der Waals surface area contributed by atoms with Crippen LogP contribution >= 0.6 is 0 Å². The van der Waals surface area contributed by atoms with Crippen LogP contribution in [-0.4, -0.2) is 37.5 Å². The molecule has 2 N–H and O–H groups in total. The Morgan fingerprint density at radius 2 is 1.94 bits per heavy atom. The molecule has 1 atom stereocenters. The van der Waals surface area contributed by atoms with Gasteiger partial charge in [-0.3, -0.25) is 0 Å². The Morgan fingerprint density at radius 3 is 2.56 bits per heavy atom. The Bertz CT molecular complexity index is 353. The van der Waals surface area contributed by atoms with Crippen molar-refractivity contribution in [3.63, 3.8) is 0 Å². The van der Waals surface area contributed by atoms with E-state index in [0.717, 1.165) is 17.9 Å². The summed E-state index contributed by atoms with van der Waals surface area (Å²) in [4.78, 5) is 0. The van der Waals surface area contributed by atoms with Gasteiger partial charge in [-0.1, -0.05) is 19.1 Å². The smallest absolute Gasteiger partial charge is 0.161 e. The summed E-state index contributed by atoms with van der Waals surface area (Å²) in [5, 5.41) is 13.0. The summed E-state index contributed by atoms with van der Waals surface area (Å²) in [6, 6.07) is 7.56. The van der Waals surface area contributed by atoms with E-state index in [4.69, 9.17) is 9.47 Å². The predicted molar refractivity (Wildman–Crippen MR) is 72.3 cm³/mol. The third-order valence-corrected chi connectivity index (χ3v) is 2.87. The van der Waals surface area contributed by atoms with Crippen LogP contribution in [0.4, 0.5) is 0 Å². The van der Waals surface area contributed by atoms with Crippen molar-refractivity contribution in [3.05, 3.63) is 24.3 Å². The molecule has 0 aliphatic rings. The Hall–Kier alpha value is -1.26. The second-order valence-corrected chi connectivity index (χ2v) is 4.53. The molecular weight excluding hydrogens is 230 g/mol. The molecule has 0 amide bonds. The predicted octanol–water partition coefficient (Wildman–Crippen LogP) is 1.82. The van der Waals surface area contributed by atoms with Gasteiger partial charge in [-0.25, -0.2) is 0 Å². The van der Waals surface area contributed by atoms with Crippen LogP contribution in [0.1, 0.15) is 20.3 Å². The molecule has 4 heteroatoms. The minimum absolute atomic E-state index is 0.542. The molecule has 0 saturated heterocycles. The van der Waals surface area contributed by atoms with Crippen molar-refractivity contribution < 1.29 is 14.6 Å². The average molecular weight is 253 g/mol. The SMILES string of the molecule is CC[C@](C)(O)CNCCOc1ccccc1OC. The molecule has 0 aliphatic carbocycles. The monoisotopic (exact) mass is 253 g/mol. The molecule has 18 heavy (non-hydrogen) atoms. The zero-order valence-electron chi connectivity index (χ0n) is 11.4. The first-order chi connectivity index (χ1) is 8.59. The molecule has 0 fully saturated rings. The van der Waals surface area contributed by atoms with Crippen molar-refractivity contribution in [1.29, 1.82) is 0 Å². The number of ether oxygens (including phenoxy) is 2. The molecule has 0 bridgehead atoms. The third kappa shape index (κ3) is 4.94. The van der Waals surface area contributed by atoms with Crippen LogP contribution in [-0.2, 0) is 0 Å². The molecule has 0 aliphatic heterocycles. The topological polar surface area (TPSA) is 50.7 Å². The van der Waals surface area contributed by atoms with E-state index in [9.17, 15) is 5.11 Å². The van der Waals surface area contributed by atoms with E-state index in [1.54, 1.807) is 7.11 Å². The third-order valence-electron chi connectivity index (χ3n) is 2.87. The second kappa shape index (κ2) is 7.24. The van der Waals surface area contributed by atoms with Crippen LogP contribution in [0.5, 0.6) is 11.5 Å². The average Bonchev–Trinajstić information content (AvgIpc) is 2.38. The normalized spacial score (nSPS) is 14.0. The molecule has 1 rings (SSSR count). The van der Waals surface area contributed by atoms with Gasteiger partial charge in [-0.05, 0) is 25.5 Å². The van der Waals surface area contributed by atoms with E-state index >= 15 is 0 Å². The highest BCUT2D eigenvalue weighted by molar-refractivity contribution is 5.39. The van der Waals surface area contributed by atoms with Crippen molar-refractivity contribution in [2.45, 2.75) is 25.9 Å². The van der Waals surface area contributed by atoms with Crippen molar-refractivity contribution in [3.8, 4) is 11.5 Å². The lowest BCUT2D eigenvalue weighted by Crippen LogP contribution is -2.38. The standard InChI is InChI=1S/C14H23NO3/c1-4-14(2,16)11-15-9-10-18-13-8-6-5-7-12(13)17-3/h5-8,15-16H,4,9-11H2,1-3H3/t14-/m0/s1. The lowest BCUT2D eigenvalue weighted by atomic mass is 10.0. The Balaban J connectivity index is 2.26. The highest BCUT2D eigenvalue weighted by atomic mass is 16.5. The van der Waals surface area contributed by atoms with Crippen LogP contribution in [0.2, 0.25) is 0 Å². The number of nitrogens with one attached hydrogen (secondary N) is 1. The minimum atomic E-state index is -0.648. The maximum Gasteiger partial charge on any atom is 0.161 e.